The molecule has 2 aromatic carbocycles. The molecule has 0 radical (unpaired) electrons. The lowest BCUT2D eigenvalue weighted by Crippen LogP contribution is -2.21. The van der Waals surface area contributed by atoms with Gasteiger partial charge in [0.1, 0.15) is 4.90 Å². The average molecular weight is 364 g/mol. The number of carbonyl (C=O) groups excluding carboxylic acids is 2. The minimum absolute atomic E-state index is 0.0492. The van der Waals surface area contributed by atoms with Gasteiger partial charge >= 0.3 is 22.1 Å². The van der Waals surface area contributed by atoms with E-state index in [4.69, 9.17) is 8.92 Å². The van der Waals surface area contributed by atoms with Gasteiger partial charge in [-0.25, -0.2) is 4.79 Å². The molecule has 0 aliphatic carbocycles. The lowest BCUT2D eigenvalue weighted by atomic mass is 10.1. The highest BCUT2D eigenvalue weighted by atomic mass is 32.2. The average Bonchev–Trinajstić information content (AvgIpc) is 2.60. The van der Waals surface area contributed by atoms with Gasteiger partial charge in [-0.1, -0.05) is 36.4 Å². The van der Waals surface area contributed by atoms with E-state index in [2.05, 4.69) is 4.74 Å². The van der Waals surface area contributed by atoms with Gasteiger partial charge in [-0.15, -0.1) is 0 Å². The van der Waals surface area contributed by atoms with Crippen LogP contribution in [0.1, 0.15) is 18.6 Å². The summed E-state index contributed by atoms with van der Waals surface area (Å²) < 4.78 is 39.5. The van der Waals surface area contributed by atoms with Crippen molar-refractivity contribution in [3.05, 3.63) is 60.2 Å². The Morgan fingerprint density at radius 3 is 2.16 bits per heavy atom. The number of ether oxygens (including phenoxy) is 2. The predicted octanol–water partition coefficient (Wildman–Crippen LogP) is 2.23. The molecule has 132 valence electrons. The van der Waals surface area contributed by atoms with E-state index in [-0.39, 0.29) is 16.2 Å². The molecule has 1 unspecified atom stereocenters. The monoisotopic (exact) mass is 364 g/mol. The van der Waals surface area contributed by atoms with E-state index < -0.39 is 28.2 Å². The molecule has 0 heterocycles. The Bertz CT molecular complexity index is 860. The number of para-hydroxylation sites is 1. The van der Waals surface area contributed by atoms with Crippen LogP contribution in [0, 0.1) is 0 Å². The number of hydrogen-bond acceptors (Lipinski definition) is 7. The molecule has 8 heteroatoms. The zero-order chi connectivity index (χ0) is 18.4. The van der Waals surface area contributed by atoms with Crippen molar-refractivity contribution in [2.24, 2.45) is 0 Å². The molecule has 2 rings (SSSR count). The molecule has 0 saturated carbocycles. The first-order valence-electron chi connectivity index (χ1n) is 7.18. The minimum Gasteiger partial charge on any atom is -0.466 e. The molecule has 0 aliphatic rings. The maximum absolute atomic E-state index is 12.4. The highest BCUT2D eigenvalue weighted by molar-refractivity contribution is 7.87. The molecule has 0 aromatic heterocycles. The highest BCUT2D eigenvalue weighted by Gasteiger charge is 2.29. The van der Waals surface area contributed by atoms with E-state index in [0.29, 0.717) is 0 Å². The summed E-state index contributed by atoms with van der Waals surface area (Å²) in [5.41, 5.74) is 0.0593. The van der Waals surface area contributed by atoms with Gasteiger partial charge in [0.15, 0.2) is 5.75 Å². The van der Waals surface area contributed by atoms with Gasteiger partial charge in [-0.3, -0.25) is 4.79 Å². The molecule has 25 heavy (non-hydrogen) atoms. The quantitative estimate of drug-likeness (QED) is 0.573. The van der Waals surface area contributed by atoms with E-state index in [0.717, 1.165) is 14.0 Å². The molecular formula is C17H16O7S. The smallest absolute Gasteiger partial charge is 0.352 e. The number of benzene rings is 2. The van der Waals surface area contributed by atoms with Crippen molar-refractivity contribution in [1.29, 1.82) is 0 Å². The van der Waals surface area contributed by atoms with Crippen LogP contribution < -0.4 is 4.18 Å². The van der Waals surface area contributed by atoms with Crippen LogP contribution in [0.25, 0.3) is 0 Å². The first-order valence-corrected chi connectivity index (χ1v) is 8.59. The van der Waals surface area contributed by atoms with Crippen LogP contribution in [0.4, 0.5) is 0 Å². The number of esters is 2. The van der Waals surface area contributed by atoms with E-state index in [1.807, 2.05) is 0 Å². The predicted molar refractivity (Wildman–Crippen MR) is 87.2 cm³/mol. The number of hydrogen-bond donors (Lipinski definition) is 0. The Labute approximate surface area is 145 Å². The lowest BCUT2D eigenvalue weighted by Gasteiger charge is -2.18. The first-order chi connectivity index (χ1) is 11.8. The second-order valence-electron chi connectivity index (χ2n) is 4.90. The summed E-state index contributed by atoms with van der Waals surface area (Å²) in [6.07, 6.45) is -1.44. The van der Waals surface area contributed by atoms with Crippen molar-refractivity contribution >= 4 is 22.1 Å². The van der Waals surface area contributed by atoms with Crippen molar-refractivity contribution in [1.82, 2.24) is 0 Å². The van der Waals surface area contributed by atoms with Crippen LogP contribution in [0.15, 0.2) is 59.5 Å². The summed E-state index contributed by atoms with van der Waals surface area (Å²) in [6, 6.07) is 13.4. The molecule has 0 saturated heterocycles. The van der Waals surface area contributed by atoms with Crippen molar-refractivity contribution < 1.29 is 31.7 Å². The molecule has 2 aromatic rings. The van der Waals surface area contributed by atoms with Crippen LogP contribution >= 0.6 is 0 Å². The van der Waals surface area contributed by atoms with Crippen LogP contribution in [0.3, 0.4) is 0 Å². The Morgan fingerprint density at radius 1 is 0.960 bits per heavy atom. The Hall–Kier alpha value is -2.87. The van der Waals surface area contributed by atoms with E-state index in [1.165, 1.54) is 30.3 Å². The summed E-state index contributed by atoms with van der Waals surface area (Å²) in [5, 5.41) is 0. The first kappa shape index (κ1) is 18.5. The fourth-order valence-corrected chi connectivity index (χ4v) is 3.01. The van der Waals surface area contributed by atoms with Crippen LogP contribution in [-0.2, 0) is 29.2 Å². The van der Waals surface area contributed by atoms with E-state index in [9.17, 15) is 18.0 Å². The zero-order valence-corrected chi connectivity index (χ0v) is 14.4. The third kappa shape index (κ3) is 4.57. The molecule has 0 amide bonds. The maximum atomic E-state index is 12.4. The summed E-state index contributed by atoms with van der Waals surface area (Å²) >= 11 is 0. The van der Waals surface area contributed by atoms with Gasteiger partial charge in [-0.05, 0) is 18.2 Å². The van der Waals surface area contributed by atoms with Gasteiger partial charge in [0, 0.05) is 12.5 Å². The van der Waals surface area contributed by atoms with Gasteiger partial charge < -0.3 is 13.7 Å². The third-order valence-electron chi connectivity index (χ3n) is 3.13. The SMILES string of the molecule is COC(=O)C(OC(C)=O)c1ccccc1OS(=O)(=O)c1ccccc1. The van der Waals surface area contributed by atoms with Crippen molar-refractivity contribution in [3.63, 3.8) is 0 Å². The standard InChI is InChI=1S/C17H16O7S/c1-12(18)23-16(17(19)22-2)14-10-6-7-11-15(14)24-25(20,21)13-8-4-3-5-9-13/h3-11,16H,1-2H3. The fraction of sp³-hybridized carbons (Fsp3) is 0.176. The number of rotatable bonds is 6. The van der Waals surface area contributed by atoms with Gasteiger partial charge in [0.05, 0.1) is 7.11 Å². The largest absolute Gasteiger partial charge is 0.466 e. The van der Waals surface area contributed by atoms with Crippen LogP contribution in [0.2, 0.25) is 0 Å². The summed E-state index contributed by atoms with van der Waals surface area (Å²) in [7, 11) is -2.99. The normalized spacial score (nSPS) is 12.1. The topological polar surface area (TPSA) is 96.0 Å². The number of methoxy groups -OCH3 is 1. The van der Waals surface area contributed by atoms with Crippen molar-refractivity contribution in [2.75, 3.05) is 7.11 Å². The van der Waals surface area contributed by atoms with Crippen molar-refractivity contribution in [2.45, 2.75) is 17.9 Å². The molecule has 7 nitrogen and oxygen atoms in total. The highest BCUT2D eigenvalue weighted by Crippen LogP contribution is 2.31. The Morgan fingerprint density at radius 2 is 1.56 bits per heavy atom. The molecule has 0 aliphatic heterocycles. The van der Waals surface area contributed by atoms with Gasteiger partial charge in [0.2, 0.25) is 6.10 Å². The lowest BCUT2D eigenvalue weighted by molar-refractivity contribution is -0.165. The second kappa shape index (κ2) is 7.80. The van der Waals surface area contributed by atoms with Gasteiger partial charge in [-0.2, -0.15) is 8.42 Å². The van der Waals surface area contributed by atoms with Crippen LogP contribution in [-0.4, -0.2) is 27.5 Å². The Balaban J connectivity index is 2.43. The minimum atomic E-state index is -4.12. The molecule has 0 N–H and O–H groups in total. The van der Waals surface area contributed by atoms with Crippen LogP contribution in [0.5, 0.6) is 5.75 Å². The Kier molecular flexibility index (Phi) is 5.76. The molecule has 0 bridgehead atoms. The third-order valence-corrected chi connectivity index (χ3v) is 4.38. The molecule has 0 spiro atoms. The summed E-state index contributed by atoms with van der Waals surface area (Å²) in [5.74, 6) is -1.72. The second-order valence-corrected chi connectivity index (χ2v) is 6.45. The molecular weight excluding hydrogens is 348 g/mol. The van der Waals surface area contributed by atoms with E-state index >= 15 is 0 Å². The number of carbonyl (C=O) groups is 2. The van der Waals surface area contributed by atoms with Crippen molar-refractivity contribution in [3.8, 4) is 5.75 Å². The van der Waals surface area contributed by atoms with Gasteiger partial charge in [0.25, 0.3) is 0 Å². The summed E-state index contributed by atoms with van der Waals surface area (Å²) in [4.78, 5) is 23.2. The van der Waals surface area contributed by atoms with E-state index in [1.54, 1.807) is 24.3 Å². The molecule has 0 fully saturated rings. The zero-order valence-electron chi connectivity index (χ0n) is 13.5. The maximum Gasteiger partial charge on any atom is 0.352 e. The fourth-order valence-electron chi connectivity index (χ4n) is 2.04. The molecule has 1 atom stereocenters. The summed E-state index contributed by atoms with van der Waals surface area (Å²) in [6.45, 7) is 1.13.